The standard InChI is InChI=1S/C15H26N4O/c1-15(16-17-15)8-7-14(20)19-11-9-18(10-12-19)13-5-3-2-4-6-13/h13H,2-12H2,1H3. The van der Waals surface area contributed by atoms with Gasteiger partial charge in [0, 0.05) is 45.1 Å². The van der Waals surface area contributed by atoms with Crippen LogP contribution in [0.25, 0.3) is 0 Å². The molecular weight excluding hydrogens is 252 g/mol. The van der Waals surface area contributed by atoms with E-state index in [1.54, 1.807) is 0 Å². The summed E-state index contributed by atoms with van der Waals surface area (Å²) in [6, 6.07) is 0.781. The highest BCUT2D eigenvalue weighted by Gasteiger charge is 2.35. The van der Waals surface area contributed by atoms with Gasteiger partial charge < -0.3 is 4.90 Å². The molecule has 5 heteroatoms. The fraction of sp³-hybridized carbons (Fsp3) is 0.933. The van der Waals surface area contributed by atoms with Crippen LogP contribution in [-0.2, 0) is 4.79 Å². The van der Waals surface area contributed by atoms with Crippen LogP contribution in [0.15, 0.2) is 10.2 Å². The lowest BCUT2D eigenvalue weighted by Crippen LogP contribution is -2.52. The van der Waals surface area contributed by atoms with Gasteiger partial charge in [0.25, 0.3) is 0 Å². The molecule has 3 aliphatic rings. The van der Waals surface area contributed by atoms with E-state index in [0.29, 0.717) is 6.42 Å². The van der Waals surface area contributed by atoms with Crippen LogP contribution in [-0.4, -0.2) is 53.6 Å². The van der Waals surface area contributed by atoms with Gasteiger partial charge in [-0.15, -0.1) is 0 Å². The molecule has 2 heterocycles. The van der Waals surface area contributed by atoms with Gasteiger partial charge in [-0.2, -0.15) is 10.2 Å². The van der Waals surface area contributed by atoms with E-state index in [-0.39, 0.29) is 11.6 Å². The largest absolute Gasteiger partial charge is 0.340 e. The van der Waals surface area contributed by atoms with E-state index in [4.69, 9.17) is 0 Å². The van der Waals surface area contributed by atoms with Crippen molar-refractivity contribution in [3.63, 3.8) is 0 Å². The molecule has 5 nitrogen and oxygen atoms in total. The summed E-state index contributed by atoms with van der Waals surface area (Å²) in [5.41, 5.74) is -0.237. The van der Waals surface area contributed by atoms with E-state index in [2.05, 4.69) is 15.1 Å². The first-order valence-electron chi connectivity index (χ1n) is 8.12. The Balaban J connectivity index is 1.39. The van der Waals surface area contributed by atoms with Gasteiger partial charge in [0.2, 0.25) is 5.91 Å². The summed E-state index contributed by atoms with van der Waals surface area (Å²) in [5, 5.41) is 7.94. The van der Waals surface area contributed by atoms with Crippen LogP contribution in [0.3, 0.4) is 0 Å². The summed E-state index contributed by atoms with van der Waals surface area (Å²) in [6.45, 7) is 5.91. The molecule has 1 saturated heterocycles. The number of hydrogen-bond donors (Lipinski definition) is 0. The van der Waals surface area contributed by atoms with E-state index >= 15 is 0 Å². The number of carbonyl (C=O) groups is 1. The van der Waals surface area contributed by atoms with Gasteiger partial charge in [-0.05, 0) is 19.8 Å². The number of amides is 1. The van der Waals surface area contributed by atoms with Crippen molar-refractivity contribution in [1.82, 2.24) is 9.80 Å². The zero-order chi connectivity index (χ0) is 14.0. The zero-order valence-corrected chi connectivity index (χ0v) is 12.6. The van der Waals surface area contributed by atoms with Crippen molar-refractivity contribution in [1.29, 1.82) is 0 Å². The Morgan fingerprint density at radius 2 is 1.75 bits per heavy atom. The molecule has 0 aromatic carbocycles. The highest BCUT2D eigenvalue weighted by Crippen LogP contribution is 2.32. The first-order valence-corrected chi connectivity index (χ1v) is 8.12. The SMILES string of the molecule is CC1(CCC(=O)N2CCN(C3CCCCC3)CC2)N=N1. The summed E-state index contributed by atoms with van der Waals surface area (Å²) in [6.07, 6.45) is 8.25. The van der Waals surface area contributed by atoms with Crippen LogP contribution in [0.4, 0.5) is 0 Å². The lowest BCUT2D eigenvalue weighted by molar-refractivity contribution is -0.133. The summed E-state index contributed by atoms with van der Waals surface area (Å²) >= 11 is 0. The number of piperazine rings is 1. The normalized spacial score (nSPS) is 26.8. The Bertz CT molecular complexity index is 375. The minimum Gasteiger partial charge on any atom is -0.340 e. The Kier molecular flexibility index (Phi) is 4.06. The van der Waals surface area contributed by atoms with Crippen LogP contribution in [0.5, 0.6) is 0 Å². The Hall–Kier alpha value is -0.970. The minimum atomic E-state index is -0.237. The van der Waals surface area contributed by atoms with Crippen molar-refractivity contribution in [3.8, 4) is 0 Å². The van der Waals surface area contributed by atoms with E-state index in [0.717, 1.165) is 38.6 Å². The predicted octanol–water partition coefficient (Wildman–Crippen LogP) is 2.43. The Labute approximate surface area is 121 Å². The average molecular weight is 278 g/mol. The number of hydrogen-bond acceptors (Lipinski definition) is 4. The van der Waals surface area contributed by atoms with Gasteiger partial charge in [0.15, 0.2) is 5.66 Å². The van der Waals surface area contributed by atoms with Gasteiger partial charge in [-0.3, -0.25) is 9.69 Å². The number of rotatable bonds is 4. The van der Waals surface area contributed by atoms with Crippen molar-refractivity contribution < 1.29 is 4.79 Å². The molecule has 0 bridgehead atoms. The van der Waals surface area contributed by atoms with E-state index in [1.165, 1.54) is 32.1 Å². The molecule has 1 amide bonds. The molecule has 112 valence electrons. The molecule has 0 unspecified atom stereocenters. The summed E-state index contributed by atoms with van der Waals surface area (Å²) in [7, 11) is 0. The summed E-state index contributed by atoms with van der Waals surface area (Å²) in [5.74, 6) is 0.284. The van der Waals surface area contributed by atoms with Crippen molar-refractivity contribution in [2.75, 3.05) is 26.2 Å². The minimum absolute atomic E-state index is 0.237. The molecule has 2 fully saturated rings. The second-order valence-corrected chi connectivity index (χ2v) is 6.63. The molecule has 0 aromatic heterocycles. The second-order valence-electron chi connectivity index (χ2n) is 6.63. The van der Waals surface area contributed by atoms with Gasteiger partial charge >= 0.3 is 0 Å². The molecule has 0 N–H and O–H groups in total. The van der Waals surface area contributed by atoms with Crippen LogP contribution >= 0.6 is 0 Å². The fourth-order valence-corrected chi connectivity index (χ4v) is 3.47. The monoisotopic (exact) mass is 278 g/mol. The quantitative estimate of drug-likeness (QED) is 0.793. The first kappa shape index (κ1) is 14.0. The molecular formula is C15H26N4O. The highest BCUT2D eigenvalue weighted by molar-refractivity contribution is 5.76. The molecule has 2 aliphatic heterocycles. The van der Waals surface area contributed by atoms with Gasteiger partial charge in [-0.1, -0.05) is 19.3 Å². The van der Waals surface area contributed by atoms with Crippen molar-refractivity contribution in [2.45, 2.75) is 63.6 Å². The highest BCUT2D eigenvalue weighted by atomic mass is 16.2. The van der Waals surface area contributed by atoms with Crippen LogP contribution in [0, 0.1) is 0 Å². The van der Waals surface area contributed by atoms with Crippen LogP contribution in [0.2, 0.25) is 0 Å². The maximum absolute atomic E-state index is 12.2. The summed E-state index contributed by atoms with van der Waals surface area (Å²) in [4.78, 5) is 16.8. The molecule has 1 aliphatic carbocycles. The lowest BCUT2D eigenvalue weighted by Gasteiger charge is -2.40. The number of carbonyl (C=O) groups excluding carboxylic acids is 1. The molecule has 0 radical (unpaired) electrons. The third kappa shape index (κ3) is 3.37. The lowest BCUT2D eigenvalue weighted by atomic mass is 9.94. The van der Waals surface area contributed by atoms with Crippen molar-refractivity contribution in [2.24, 2.45) is 10.2 Å². The Morgan fingerprint density at radius 1 is 1.10 bits per heavy atom. The van der Waals surface area contributed by atoms with Gasteiger partial charge in [0.1, 0.15) is 0 Å². The maximum Gasteiger partial charge on any atom is 0.222 e. The number of nitrogens with zero attached hydrogens (tertiary/aromatic N) is 4. The molecule has 3 rings (SSSR count). The van der Waals surface area contributed by atoms with E-state index in [9.17, 15) is 4.79 Å². The van der Waals surface area contributed by atoms with Gasteiger partial charge in [0.05, 0.1) is 0 Å². The average Bonchev–Trinajstić information content (AvgIpc) is 3.24. The molecule has 0 spiro atoms. The molecule has 0 atom stereocenters. The molecule has 0 aromatic rings. The smallest absolute Gasteiger partial charge is 0.222 e. The van der Waals surface area contributed by atoms with Crippen LogP contribution in [0.1, 0.15) is 51.9 Å². The third-order valence-electron chi connectivity index (χ3n) is 5.01. The topological polar surface area (TPSA) is 48.3 Å². The molecule has 20 heavy (non-hydrogen) atoms. The van der Waals surface area contributed by atoms with Gasteiger partial charge in [-0.25, -0.2) is 0 Å². The van der Waals surface area contributed by atoms with Crippen molar-refractivity contribution >= 4 is 5.91 Å². The Morgan fingerprint density at radius 3 is 2.35 bits per heavy atom. The van der Waals surface area contributed by atoms with E-state index in [1.807, 2.05) is 11.8 Å². The fourth-order valence-electron chi connectivity index (χ4n) is 3.47. The second kappa shape index (κ2) is 5.80. The predicted molar refractivity (Wildman–Crippen MR) is 77.5 cm³/mol. The summed E-state index contributed by atoms with van der Waals surface area (Å²) < 4.78 is 0. The van der Waals surface area contributed by atoms with Crippen molar-refractivity contribution in [3.05, 3.63) is 0 Å². The van der Waals surface area contributed by atoms with Crippen LogP contribution < -0.4 is 0 Å². The third-order valence-corrected chi connectivity index (χ3v) is 5.01. The van der Waals surface area contributed by atoms with E-state index < -0.39 is 0 Å². The first-order chi connectivity index (χ1) is 9.66. The maximum atomic E-state index is 12.2. The molecule has 1 saturated carbocycles. The zero-order valence-electron chi connectivity index (χ0n) is 12.6.